The van der Waals surface area contributed by atoms with Gasteiger partial charge in [-0.1, -0.05) is 0 Å². The first-order valence-corrected chi connectivity index (χ1v) is 6.04. The molecule has 1 saturated heterocycles. The first-order chi connectivity index (χ1) is 8.90. The van der Waals surface area contributed by atoms with E-state index in [1.54, 1.807) is 4.90 Å². The van der Waals surface area contributed by atoms with Crippen LogP contribution in [0.1, 0.15) is 30.0 Å². The predicted octanol–water partition coefficient (Wildman–Crippen LogP) is 0.876. The van der Waals surface area contributed by atoms with Gasteiger partial charge in [-0.15, -0.1) is 0 Å². The molecular weight excluding hydrogens is 252 g/mol. The molecule has 1 aromatic heterocycles. The van der Waals surface area contributed by atoms with Crippen molar-refractivity contribution >= 4 is 11.6 Å². The molecule has 1 aliphatic heterocycles. The molecule has 0 saturated carbocycles. The molecule has 1 amide bonds. The normalized spacial score (nSPS) is 23.4. The summed E-state index contributed by atoms with van der Waals surface area (Å²) in [5, 5.41) is 17.2. The number of hydrogen-bond donors (Lipinski definition) is 1. The van der Waals surface area contributed by atoms with Crippen LogP contribution in [0.5, 0.6) is 0 Å². The number of nitrogens with one attached hydrogen (secondary N) is 1. The maximum atomic E-state index is 12.3. The molecule has 2 rings (SSSR count). The van der Waals surface area contributed by atoms with Gasteiger partial charge in [0.15, 0.2) is 0 Å². The number of rotatable bonds is 2. The van der Waals surface area contributed by atoms with Crippen molar-refractivity contribution in [2.45, 2.75) is 33.0 Å². The van der Waals surface area contributed by atoms with Crippen molar-refractivity contribution in [2.75, 3.05) is 13.1 Å². The van der Waals surface area contributed by atoms with E-state index in [2.05, 4.69) is 10.2 Å². The van der Waals surface area contributed by atoms with E-state index in [1.807, 2.05) is 13.8 Å². The van der Waals surface area contributed by atoms with E-state index in [0.29, 0.717) is 13.1 Å². The van der Waals surface area contributed by atoms with Gasteiger partial charge in [-0.3, -0.25) is 20.0 Å². The Morgan fingerprint density at radius 1 is 1.47 bits per heavy atom. The van der Waals surface area contributed by atoms with E-state index in [4.69, 9.17) is 4.74 Å². The van der Waals surface area contributed by atoms with Crippen molar-refractivity contribution in [3.05, 3.63) is 21.5 Å². The number of carbonyl (C=O) groups is 1. The third-order valence-corrected chi connectivity index (χ3v) is 3.01. The summed E-state index contributed by atoms with van der Waals surface area (Å²) < 4.78 is 5.53. The van der Waals surface area contributed by atoms with Crippen LogP contribution in [0.3, 0.4) is 0 Å². The monoisotopic (exact) mass is 268 g/mol. The maximum Gasteiger partial charge on any atom is 0.322 e. The second kappa shape index (κ2) is 4.96. The van der Waals surface area contributed by atoms with Crippen LogP contribution >= 0.6 is 0 Å². The molecule has 0 aromatic carbocycles. The number of carbonyl (C=O) groups excluding carboxylic acids is 1. The minimum atomic E-state index is -0.584. The van der Waals surface area contributed by atoms with Crippen LogP contribution in [0.2, 0.25) is 0 Å². The summed E-state index contributed by atoms with van der Waals surface area (Å²) in [7, 11) is 0. The molecule has 8 heteroatoms. The number of H-pyrrole nitrogens is 1. The van der Waals surface area contributed by atoms with Crippen LogP contribution in [0.15, 0.2) is 0 Å². The van der Waals surface area contributed by atoms with Gasteiger partial charge in [-0.05, 0) is 20.8 Å². The highest BCUT2D eigenvalue weighted by Gasteiger charge is 2.33. The fourth-order valence-corrected chi connectivity index (χ4v) is 2.29. The molecule has 1 aliphatic rings. The molecule has 1 aromatic rings. The van der Waals surface area contributed by atoms with Gasteiger partial charge in [0.1, 0.15) is 5.69 Å². The lowest BCUT2D eigenvalue weighted by molar-refractivity contribution is -0.385. The van der Waals surface area contributed by atoms with Crippen LogP contribution in [0, 0.1) is 17.0 Å². The van der Waals surface area contributed by atoms with Gasteiger partial charge in [0.2, 0.25) is 5.69 Å². The Hall–Kier alpha value is -1.96. The summed E-state index contributed by atoms with van der Waals surface area (Å²) in [6.45, 7) is 6.06. The number of aromatic amines is 1. The Labute approximate surface area is 109 Å². The van der Waals surface area contributed by atoms with Crippen molar-refractivity contribution in [2.24, 2.45) is 0 Å². The number of nitrogens with zero attached hydrogens (tertiary/aromatic N) is 3. The van der Waals surface area contributed by atoms with E-state index in [1.165, 1.54) is 6.92 Å². The van der Waals surface area contributed by atoms with Gasteiger partial charge in [0.25, 0.3) is 5.91 Å². The average molecular weight is 268 g/mol. The molecule has 19 heavy (non-hydrogen) atoms. The fraction of sp³-hybridized carbons (Fsp3) is 0.636. The molecule has 2 unspecified atom stereocenters. The summed E-state index contributed by atoms with van der Waals surface area (Å²) in [4.78, 5) is 24.2. The highest BCUT2D eigenvalue weighted by Crippen LogP contribution is 2.23. The zero-order valence-electron chi connectivity index (χ0n) is 11.0. The molecule has 1 N–H and O–H groups in total. The zero-order chi connectivity index (χ0) is 14.2. The van der Waals surface area contributed by atoms with Gasteiger partial charge < -0.3 is 9.64 Å². The van der Waals surface area contributed by atoms with Crippen molar-refractivity contribution in [1.29, 1.82) is 0 Å². The fourth-order valence-electron chi connectivity index (χ4n) is 2.29. The minimum Gasteiger partial charge on any atom is -0.372 e. The Kier molecular flexibility index (Phi) is 3.52. The standard InChI is InChI=1S/C11H16N4O4/c1-6-4-14(5-7(2)19-6)11(16)9-10(15(17)18)8(3)12-13-9/h6-7H,4-5H2,1-3H3,(H,12,13). The number of amides is 1. The molecule has 104 valence electrons. The molecule has 8 nitrogen and oxygen atoms in total. The number of nitro groups is 1. The molecule has 1 fully saturated rings. The molecule has 0 bridgehead atoms. The zero-order valence-corrected chi connectivity index (χ0v) is 11.0. The first kappa shape index (κ1) is 13.5. The van der Waals surface area contributed by atoms with E-state index in [-0.39, 0.29) is 29.3 Å². The first-order valence-electron chi connectivity index (χ1n) is 6.04. The summed E-state index contributed by atoms with van der Waals surface area (Å²) in [5.74, 6) is -0.432. The van der Waals surface area contributed by atoms with Crippen LogP contribution < -0.4 is 0 Å². The SMILES string of the molecule is Cc1[nH]nc(C(=O)N2CC(C)OC(C)C2)c1[N+](=O)[O-]. The maximum absolute atomic E-state index is 12.3. The highest BCUT2D eigenvalue weighted by atomic mass is 16.6. The van der Waals surface area contributed by atoms with Gasteiger partial charge in [-0.25, -0.2) is 0 Å². The smallest absolute Gasteiger partial charge is 0.322 e. The summed E-state index contributed by atoms with van der Waals surface area (Å²) in [6, 6.07) is 0. The third-order valence-electron chi connectivity index (χ3n) is 3.01. The number of ether oxygens (including phenoxy) is 1. The second-order valence-corrected chi connectivity index (χ2v) is 4.77. The average Bonchev–Trinajstić information content (AvgIpc) is 2.68. The van der Waals surface area contributed by atoms with E-state index >= 15 is 0 Å². The quantitative estimate of drug-likeness (QED) is 0.633. The van der Waals surface area contributed by atoms with Crippen LogP contribution in [0.4, 0.5) is 5.69 Å². The van der Waals surface area contributed by atoms with Gasteiger partial charge in [0.05, 0.1) is 17.1 Å². The summed E-state index contributed by atoms with van der Waals surface area (Å²) in [6.07, 6.45) is -0.182. The van der Waals surface area contributed by atoms with E-state index < -0.39 is 10.8 Å². The Morgan fingerprint density at radius 2 is 2.05 bits per heavy atom. The Morgan fingerprint density at radius 3 is 2.58 bits per heavy atom. The van der Waals surface area contributed by atoms with Crippen molar-refractivity contribution in [3.8, 4) is 0 Å². The van der Waals surface area contributed by atoms with Gasteiger partial charge in [0, 0.05) is 13.1 Å². The van der Waals surface area contributed by atoms with Crippen LogP contribution in [-0.2, 0) is 4.74 Å². The number of aromatic nitrogens is 2. The van der Waals surface area contributed by atoms with Crippen LogP contribution in [0.25, 0.3) is 0 Å². The van der Waals surface area contributed by atoms with Gasteiger partial charge in [-0.2, -0.15) is 5.10 Å². The molecular formula is C11H16N4O4. The van der Waals surface area contributed by atoms with Crippen molar-refractivity contribution in [3.63, 3.8) is 0 Å². The largest absolute Gasteiger partial charge is 0.372 e. The lowest BCUT2D eigenvalue weighted by Crippen LogP contribution is -2.48. The number of morpholine rings is 1. The minimum absolute atomic E-state index is 0.0909. The molecule has 0 radical (unpaired) electrons. The lowest BCUT2D eigenvalue weighted by Gasteiger charge is -2.34. The molecule has 0 spiro atoms. The summed E-state index contributed by atoms with van der Waals surface area (Å²) in [5.41, 5.74) is -0.108. The van der Waals surface area contributed by atoms with E-state index in [9.17, 15) is 14.9 Å². The molecule has 2 atom stereocenters. The lowest BCUT2D eigenvalue weighted by atomic mass is 10.2. The van der Waals surface area contributed by atoms with Crippen molar-refractivity contribution < 1.29 is 14.5 Å². The number of hydrogen-bond acceptors (Lipinski definition) is 5. The molecule has 0 aliphatic carbocycles. The van der Waals surface area contributed by atoms with Crippen LogP contribution in [-0.4, -0.2) is 51.2 Å². The van der Waals surface area contributed by atoms with Gasteiger partial charge >= 0.3 is 5.69 Å². The predicted molar refractivity (Wildman–Crippen MR) is 65.9 cm³/mol. The van der Waals surface area contributed by atoms with E-state index in [0.717, 1.165) is 0 Å². The number of aryl methyl sites for hydroxylation is 1. The third kappa shape index (κ3) is 2.58. The Balaban J connectivity index is 2.27. The second-order valence-electron chi connectivity index (χ2n) is 4.77. The Bertz CT molecular complexity index is 503. The van der Waals surface area contributed by atoms with Crippen molar-refractivity contribution in [1.82, 2.24) is 15.1 Å². The molecule has 2 heterocycles. The highest BCUT2D eigenvalue weighted by molar-refractivity contribution is 5.96. The topological polar surface area (TPSA) is 101 Å². The summed E-state index contributed by atoms with van der Waals surface area (Å²) >= 11 is 0.